The lowest BCUT2D eigenvalue weighted by Crippen LogP contribution is -2.25. The highest BCUT2D eigenvalue weighted by Crippen LogP contribution is 2.23. The van der Waals surface area contributed by atoms with Crippen molar-refractivity contribution in [2.75, 3.05) is 0 Å². The predicted molar refractivity (Wildman–Crippen MR) is 105 cm³/mol. The van der Waals surface area contributed by atoms with Crippen molar-refractivity contribution in [3.63, 3.8) is 0 Å². The van der Waals surface area contributed by atoms with E-state index in [1.807, 2.05) is 47.9 Å². The van der Waals surface area contributed by atoms with Crippen LogP contribution in [0.25, 0.3) is 0 Å². The summed E-state index contributed by atoms with van der Waals surface area (Å²) in [5, 5.41) is 0. The van der Waals surface area contributed by atoms with Crippen LogP contribution in [0, 0.1) is 0 Å². The van der Waals surface area contributed by atoms with Crippen molar-refractivity contribution in [3.05, 3.63) is 84.1 Å². The first kappa shape index (κ1) is 19.9. The van der Waals surface area contributed by atoms with Crippen LogP contribution in [0.1, 0.15) is 18.1 Å². The highest BCUT2D eigenvalue weighted by atomic mass is 16.7. The van der Waals surface area contributed by atoms with Crippen molar-refractivity contribution >= 4 is 11.9 Å². The number of nitrogens with one attached hydrogen (secondary N) is 1. The Hall–Kier alpha value is -3.87. The normalized spacial score (nSPS) is 10.1. The van der Waals surface area contributed by atoms with Gasteiger partial charge in [-0.15, -0.1) is 0 Å². The minimum Gasteiger partial charge on any atom is -0.489 e. The highest BCUT2D eigenvalue weighted by Gasteiger charge is 2.07. The molecule has 0 saturated carbocycles. The molecular formula is C22H20N2O5. The van der Waals surface area contributed by atoms with E-state index >= 15 is 0 Å². The van der Waals surface area contributed by atoms with Crippen molar-refractivity contribution in [2.45, 2.75) is 20.0 Å². The zero-order valence-electron chi connectivity index (χ0n) is 15.8. The van der Waals surface area contributed by atoms with E-state index in [0.717, 1.165) is 11.3 Å². The van der Waals surface area contributed by atoms with Gasteiger partial charge in [0.25, 0.3) is 0 Å². The Morgan fingerprint density at radius 3 is 2.28 bits per heavy atom. The lowest BCUT2D eigenvalue weighted by Gasteiger charge is -2.08. The van der Waals surface area contributed by atoms with Gasteiger partial charge in [0, 0.05) is 19.2 Å². The second-order valence-electron chi connectivity index (χ2n) is 6.16. The first-order chi connectivity index (χ1) is 14.1. The van der Waals surface area contributed by atoms with Crippen LogP contribution in [-0.2, 0) is 27.5 Å². The first-order valence-electron chi connectivity index (χ1n) is 8.94. The smallest absolute Gasteiger partial charge is 0.336 e. The van der Waals surface area contributed by atoms with Crippen molar-refractivity contribution in [3.8, 4) is 17.4 Å². The molecule has 0 aliphatic rings. The number of benzene rings is 2. The van der Waals surface area contributed by atoms with Crippen LogP contribution >= 0.6 is 0 Å². The number of hydrogen-bond acceptors (Lipinski definition) is 6. The average Bonchev–Trinajstić information content (AvgIpc) is 2.74. The maximum Gasteiger partial charge on any atom is 0.336 e. The number of aromatic nitrogens is 1. The number of carbonyl (C=O) groups is 2. The molecule has 0 unspecified atom stereocenters. The molecular weight excluding hydrogens is 372 g/mol. The molecule has 148 valence electrons. The molecule has 0 fully saturated rings. The van der Waals surface area contributed by atoms with Crippen LogP contribution < -0.4 is 15.0 Å². The number of amides is 1. The fourth-order valence-electron chi connectivity index (χ4n) is 2.37. The van der Waals surface area contributed by atoms with E-state index in [1.165, 1.54) is 13.1 Å². The summed E-state index contributed by atoms with van der Waals surface area (Å²) in [6.07, 6.45) is 1.50. The lowest BCUT2D eigenvalue weighted by atomic mass is 10.2. The lowest BCUT2D eigenvalue weighted by molar-refractivity contribution is -0.156. The van der Waals surface area contributed by atoms with Crippen LogP contribution in [0.4, 0.5) is 0 Å². The summed E-state index contributed by atoms with van der Waals surface area (Å²) in [5.74, 6) is 0.713. The van der Waals surface area contributed by atoms with E-state index < -0.39 is 11.9 Å². The summed E-state index contributed by atoms with van der Waals surface area (Å²) in [7, 11) is 0. The predicted octanol–water partition coefficient (Wildman–Crippen LogP) is 3.59. The molecule has 1 heterocycles. The summed E-state index contributed by atoms with van der Waals surface area (Å²) in [6, 6.07) is 20.5. The molecule has 1 aromatic heterocycles. The second kappa shape index (κ2) is 9.89. The molecule has 3 rings (SSSR count). The molecule has 0 bridgehead atoms. The first-order valence-corrected chi connectivity index (χ1v) is 8.94. The van der Waals surface area contributed by atoms with Gasteiger partial charge in [-0.25, -0.2) is 9.78 Å². The number of nitrogens with zero attached hydrogens (tertiary/aromatic N) is 1. The van der Waals surface area contributed by atoms with Crippen LogP contribution in [0.2, 0.25) is 0 Å². The largest absolute Gasteiger partial charge is 0.489 e. The molecule has 2 aromatic carbocycles. The summed E-state index contributed by atoms with van der Waals surface area (Å²) in [5.41, 5.74) is 3.72. The SMILES string of the molecule is CC(=O)NOC(=O)Cc1ccc(Oc2ccc(OCc3ccccc3)cc2)nc1. The van der Waals surface area contributed by atoms with Crippen molar-refractivity contribution in [2.24, 2.45) is 0 Å². The molecule has 0 spiro atoms. The van der Waals surface area contributed by atoms with E-state index in [2.05, 4.69) is 9.82 Å². The van der Waals surface area contributed by atoms with Crippen LogP contribution in [0.3, 0.4) is 0 Å². The Bertz CT molecular complexity index is 941. The quantitative estimate of drug-likeness (QED) is 0.619. The fraction of sp³-hybridized carbons (Fsp3) is 0.136. The number of carbonyl (C=O) groups excluding carboxylic acids is 2. The van der Waals surface area contributed by atoms with Gasteiger partial charge >= 0.3 is 5.97 Å². The molecule has 29 heavy (non-hydrogen) atoms. The summed E-state index contributed by atoms with van der Waals surface area (Å²) in [6.45, 7) is 1.75. The third kappa shape index (κ3) is 6.66. The molecule has 0 radical (unpaired) electrons. The number of hydrogen-bond donors (Lipinski definition) is 1. The van der Waals surface area contributed by atoms with Gasteiger partial charge < -0.3 is 14.3 Å². The molecule has 3 aromatic rings. The molecule has 7 heteroatoms. The van der Waals surface area contributed by atoms with Gasteiger partial charge in [0.1, 0.15) is 18.1 Å². The standard InChI is InChI=1S/C22H20N2O5/c1-16(25)24-29-22(26)13-18-7-12-21(23-14-18)28-20-10-8-19(9-11-20)27-15-17-5-3-2-4-6-17/h2-12,14H,13,15H2,1H3,(H,24,25). The monoisotopic (exact) mass is 392 g/mol. The highest BCUT2D eigenvalue weighted by molar-refractivity contribution is 5.77. The molecule has 1 N–H and O–H groups in total. The molecule has 0 saturated heterocycles. The van der Waals surface area contributed by atoms with Crippen molar-refractivity contribution < 1.29 is 23.9 Å². The van der Waals surface area contributed by atoms with E-state index in [9.17, 15) is 9.59 Å². The zero-order valence-corrected chi connectivity index (χ0v) is 15.8. The maximum atomic E-state index is 11.6. The number of rotatable bonds is 7. The maximum absolute atomic E-state index is 11.6. The van der Waals surface area contributed by atoms with Crippen LogP contribution in [-0.4, -0.2) is 16.9 Å². The molecule has 0 atom stereocenters. The Morgan fingerprint density at radius 1 is 0.897 bits per heavy atom. The fourth-order valence-corrected chi connectivity index (χ4v) is 2.37. The van der Waals surface area contributed by atoms with Crippen molar-refractivity contribution in [1.29, 1.82) is 0 Å². The van der Waals surface area contributed by atoms with E-state index in [-0.39, 0.29) is 6.42 Å². The Labute approximate surface area is 168 Å². The topological polar surface area (TPSA) is 86.8 Å². The van der Waals surface area contributed by atoms with E-state index in [4.69, 9.17) is 9.47 Å². The third-order valence-corrected chi connectivity index (χ3v) is 3.75. The number of pyridine rings is 1. The Morgan fingerprint density at radius 2 is 1.62 bits per heavy atom. The summed E-state index contributed by atoms with van der Waals surface area (Å²) < 4.78 is 11.4. The molecule has 0 aliphatic heterocycles. The minimum atomic E-state index is -0.582. The number of hydroxylamine groups is 1. The van der Waals surface area contributed by atoms with Gasteiger partial charge in [-0.05, 0) is 35.4 Å². The van der Waals surface area contributed by atoms with Gasteiger partial charge in [-0.3, -0.25) is 4.79 Å². The van der Waals surface area contributed by atoms with E-state index in [0.29, 0.717) is 23.8 Å². The third-order valence-electron chi connectivity index (χ3n) is 3.75. The summed E-state index contributed by atoms with van der Waals surface area (Å²) >= 11 is 0. The van der Waals surface area contributed by atoms with Crippen molar-refractivity contribution in [1.82, 2.24) is 10.5 Å². The van der Waals surface area contributed by atoms with Gasteiger partial charge in [0.15, 0.2) is 0 Å². The van der Waals surface area contributed by atoms with E-state index in [1.54, 1.807) is 24.3 Å². The number of ether oxygens (including phenoxy) is 2. The van der Waals surface area contributed by atoms with Gasteiger partial charge in [-0.1, -0.05) is 36.4 Å². The average molecular weight is 392 g/mol. The zero-order chi connectivity index (χ0) is 20.5. The van der Waals surface area contributed by atoms with Gasteiger partial charge in [0.2, 0.25) is 11.8 Å². The van der Waals surface area contributed by atoms with Crippen LogP contribution in [0.15, 0.2) is 72.9 Å². The Balaban J connectivity index is 1.49. The van der Waals surface area contributed by atoms with Crippen LogP contribution in [0.5, 0.6) is 17.4 Å². The van der Waals surface area contributed by atoms with Gasteiger partial charge in [-0.2, -0.15) is 5.48 Å². The minimum absolute atomic E-state index is 0.0129. The molecule has 7 nitrogen and oxygen atoms in total. The second-order valence-corrected chi connectivity index (χ2v) is 6.16. The molecule has 1 amide bonds. The molecule has 0 aliphatic carbocycles. The summed E-state index contributed by atoms with van der Waals surface area (Å²) in [4.78, 5) is 31.0. The Kier molecular flexibility index (Phi) is 6.78. The van der Waals surface area contributed by atoms with Gasteiger partial charge in [0.05, 0.1) is 6.42 Å².